The molecule has 1 aromatic carbocycles. The standard InChI is InChI=1S/C9H11NO3.2C6H14N2O2.3C6H13NO2.C5H12N2O2.3C5H11NO2.C4H11NO2.C4H7NO2/c10-8(9(12)13)5-6-1-3-7(11)4-2-6;2*7-4-2-1-3-5(8)6(9)10;3*1-4(2)3-5(7)6(8)9;6-3-1-2-4(7)5(8)9;3*1-3(2)4(6)5(7)8;1-3(7)4(5)2-6;1-2-3(5)4(6)7/h1-4,8,11H,5,10H2,(H,12,13);2*5H,1-4,7-8H2,(H,9,10);3*4-5H,3,7H2,1-2H3,(H,8,9);4H,1-3,6-7H2,(H,8,9);3*3-4H,6H2,1-2H3,(H,7,8);3-4,6-7H,2,5H2,1H3;2H,5H2,1H3,(H,6,7)/t8-;5*5-;4*4-;3-,4-;/m00000000001./s1. The molecule has 0 aliphatic rings. The molecule has 634 valence electrons. The van der Waals surface area contributed by atoms with Gasteiger partial charge in [0.25, 0.3) is 0 Å². The van der Waals surface area contributed by atoms with E-state index < -0.39 is 138 Å². The number of carboxylic acids is 11. The highest BCUT2D eigenvalue weighted by Crippen LogP contribution is 2.11. The number of carbonyl (C=O) groups is 11. The molecule has 0 radical (unpaired) electrons. The average Bonchev–Trinajstić information content (AvgIpc) is 0.908. The van der Waals surface area contributed by atoms with Crippen molar-refractivity contribution >= 4 is 65.7 Å². The number of hydrogen-bond acceptors (Lipinski definition) is 29. The highest BCUT2D eigenvalue weighted by Gasteiger charge is 2.19. The number of rotatable bonds is 35. The zero-order valence-corrected chi connectivity index (χ0v) is 65.0. The number of carboxylic acid groups (broad SMARTS) is 11. The summed E-state index contributed by atoms with van der Waals surface area (Å²) in [6.07, 6.45) is 8.12. The van der Waals surface area contributed by atoms with E-state index in [1.165, 1.54) is 18.2 Å². The first kappa shape index (κ1) is 123. The third-order valence-corrected chi connectivity index (χ3v) is 12.8. The van der Waals surface area contributed by atoms with Gasteiger partial charge < -0.3 is 157 Å². The van der Waals surface area contributed by atoms with E-state index in [1.807, 2.05) is 41.5 Å². The first-order valence-electron chi connectivity index (χ1n) is 34.2. The van der Waals surface area contributed by atoms with Crippen molar-refractivity contribution < 1.29 is 124 Å². The lowest BCUT2D eigenvalue weighted by Crippen LogP contribution is -2.35. The van der Waals surface area contributed by atoms with E-state index in [9.17, 15) is 52.7 Å². The summed E-state index contributed by atoms with van der Waals surface area (Å²) in [5.41, 5.74) is 78.3. The molecule has 0 spiro atoms. The molecular formula is C67H141N15O25. The van der Waals surface area contributed by atoms with Crippen molar-refractivity contribution in [2.45, 2.75) is 247 Å². The van der Waals surface area contributed by atoms with Crippen LogP contribution in [0.3, 0.4) is 0 Å². The van der Waals surface area contributed by atoms with Crippen molar-refractivity contribution in [1.29, 1.82) is 0 Å². The van der Waals surface area contributed by atoms with E-state index in [2.05, 4.69) is 0 Å². The minimum absolute atomic E-state index is 0.0208. The maximum Gasteiger partial charge on any atom is 0.351 e. The molecule has 0 saturated heterocycles. The minimum Gasteiger partial charge on any atom is -0.508 e. The molecule has 0 aliphatic carbocycles. The Labute approximate surface area is 629 Å². The fourth-order valence-corrected chi connectivity index (χ4v) is 5.66. The molecule has 0 fully saturated rings. The second-order valence-corrected chi connectivity index (χ2v) is 25.8. The third kappa shape index (κ3) is 98.1. The van der Waals surface area contributed by atoms with Gasteiger partial charge >= 0.3 is 65.7 Å². The molecule has 40 nitrogen and oxygen atoms in total. The summed E-state index contributed by atoms with van der Waals surface area (Å²) < 4.78 is 0. The van der Waals surface area contributed by atoms with E-state index in [0.717, 1.165) is 31.2 Å². The van der Waals surface area contributed by atoms with Crippen LogP contribution in [0.4, 0.5) is 0 Å². The summed E-state index contributed by atoms with van der Waals surface area (Å²) >= 11 is 0. The molecular weight excluding hydrogens is 1410 g/mol. The van der Waals surface area contributed by atoms with Crippen molar-refractivity contribution in [3.05, 3.63) is 41.6 Å². The van der Waals surface area contributed by atoms with Crippen LogP contribution < -0.4 is 86.0 Å². The zero-order chi connectivity index (χ0) is 87.3. The van der Waals surface area contributed by atoms with Gasteiger partial charge in [-0.3, -0.25) is 47.9 Å². The van der Waals surface area contributed by atoms with Crippen LogP contribution in [0.15, 0.2) is 36.0 Å². The third-order valence-electron chi connectivity index (χ3n) is 12.8. The van der Waals surface area contributed by atoms with Crippen molar-refractivity contribution in [2.24, 2.45) is 122 Å². The lowest BCUT2D eigenvalue weighted by atomic mass is 10.1. The molecule has 40 heteroatoms. The van der Waals surface area contributed by atoms with Gasteiger partial charge in [0.05, 0.1) is 18.8 Å². The Morgan fingerprint density at radius 1 is 0.364 bits per heavy atom. The van der Waals surface area contributed by atoms with Gasteiger partial charge in [-0.05, 0) is 151 Å². The number of hydrogen-bond donors (Lipinski definition) is 29. The number of phenolic OH excluding ortho intramolecular Hbond substituents is 1. The predicted molar refractivity (Wildman–Crippen MR) is 407 cm³/mol. The van der Waals surface area contributed by atoms with Crippen molar-refractivity contribution in [3.8, 4) is 5.75 Å². The first-order chi connectivity index (χ1) is 48.8. The number of aliphatic hydroxyl groups is 2. The lowest BCUT2D eigenvalue weighted by molar-refractivity contribution is -0.140. The molecule has 0 amide bonds. The molecule has 0 bridgehead atoms. The monoisotopic (exact) mass is 1560 g/mol. The van der Waals surface area contributed by atoms with Gasteiger partial charge in [0, 0.05) is 0 Å². The molecule has 1 rings (SSSR count). The number of unbranched alkanes of at least 4 members (excludes halogenated alkanes) is 2. The number of phenols is 1. The Balaban J connectivity index is -0.000000105. The smallest absolute Gasteiger partial charge is 0.351 e. The van der Waals surface area contributed by atoms with Crippen molar-refractivity contribution in [1.82, 2.24) is 0 Å². The summed E-state index contributed by atoms with van der Waals surface area (Å²) in [4.78, 5) is 111. The quantitative estimate of drug-likeness (QED) is 0.0276. The van der Waals surface area contributed by atoms with Gasteiger partial charge in [0.1, 0.15) is 71.9 Å². The molecule has 0 unspecified atom stereocenters. The largest absolute Gasteiger partial charge is 0.508 e. The van der Waals surface area contributed by atoms with Crippen molar-refractivity contribution in [2.75, 3.05) is 26.2 Å². The van der Waals surface area contributed by atoms with Crippen LogP contribution >= 0.6 is 0 Å². The number of aliphatic carboxylic acids is 11. The SMILES string of the molecule is CC(C)C[C@H](N)C(=O)O.CC(C)C[C@H](N)C(=O)O.CC(C)C[C@H](N)C(=O)O.CC(C)[C@H](N)C(=O)O.CC(C)[C@H](N)C(=O)O.CC(C)[C@H](N)C(=O)O.CC=C(N)C(=O)O.C[C@@H](O)[C@H](N)CO.NCCCC[C@H](N)C(=O)O.NCCCC[C@H](N)C(=O)O.NCCC[C@H](N)C(=O)O.N[C@@H](Cc1ccc(O)cc1)C(=O)O. The first-order valence-corrected chi connectivity index (χ1v) is 34.2. The fraction of sp³-hybridized carbons (Fsp3) is 0.716. The van der Waals surface area contributed by atoms with E-state index in [-0.39, 0.29) is 42.2 Å². The Morgan fingerprint density at radius 3 is 0.720 bits per heavy atom. The second kappa shape index (κ2) is 77.7. The summed E-state index contributed by atoms with van der Waals surface area (Å²) in [5.74, 6) is -9.15. The molecule has 0 heterocycles. The summed E-state index contributed by atoms with van der Waals surface area (Å²) in [6, 6.07) is -1.44. The highest BCUT2D eigenvalue weighted by atomic mass is 16.4. The normalized spacial score (nSPS) is 13.6. The van der Waals surface area contributed by atoms with Crippen LogP contribution in [0.2, 0.25) is 0 Å². The van der Waals surface area contributed by atoms with E-state index in [4.69, 9.17) is 157 Å². The Bertz CT molecular complexity index is 2340. The molecule has 12 atom stereocenters. The maximum atomic E-state index is 10.4. The van der Waals surface area contributed by atoms with Gasteiger partial charge in [-0.2, -0.15) is 0 Å². The Hall–Kier alpha value is -7.91. The maximum absolute atomic E-state index is 10.4. The number of aliphatic hydroxyl groups excluding tert-OH is 2. The van der Waals surface area contributed by atoms with Crippen LogP contribution in [-0.4, -0.2) is 236 Å². The predicted octanol–water partition coefficient (Wildman–Crippen LogP) is -1.35. The van der Waals surface area contributed by atoms with Crippen LogP contribution in [0, 0.1) is 35.5 Å². The summed E-state index contributed by atoms with van der Waals surface area (Å²) in [7, 11) is 0. The minimum atomic E-state index is -1.07. The lowest BCUT2D eigenvalue weighted by Gasteiger charge is -2.08. The van der Waals surface area contributed by atoms with E-state index in [1.54, 1.807) is 67.5 Å². The van der Waals surface area contributed by atoms with Crippen molar-refractivity contribution in [3.63, 3.8) is 0 Å². The van der Waals surface area contributed by atoms with Crippen LogP contribution in [0.1, 0.15) is 173 Å². The Kier molecular flexibility index (Phi) is 89.2. The number of aromatic hydroxyl groups is 1. The number of benzene rings is 1. The van der Waals surface area contributed by atoms with Gasteiger partial charge in [0.15, 0.2) is 0 Å². The van der Waals surface area contributed by atoms with Gasteiger partial charge in [-0.15, -0.1) is 0 Å². The van der Waals surface area contributed by atoms with E-state index in [0.29, 0.717) is 82.3 Å². The molecule has 1 aromatic rings. The summed E-state index contributed by atoms with van der Waals surface area (Å²) in [6.45, 7) is 27.0. The zero-order valence-electron chi connectivity index (χ0n) is 65.0. The average molecular weight is 1560 g/mol. The van der Waals surface area contributed by atoms with Crippen LogP contribution in [-0.2, 0) is 59.2 Å². The van der Waals surface area contributed by atoms with Gasteiger partial charge in [-0.25, -0.2) is 4.79 Å². The van der Waals surface area contributed by atoms with Gasteiger partial charge in [-0.1, -0.05) is 114 Å². The fourth-order valence-electron chi connectivity index (χ4n) is 5.66. The number of nitrogens with two attached hydrogens (primary N) is 15. The molecule has 0 saturated carbocycles. The van der Waals surface area contributed by atoms with Gasteiger partial charge in [0.2, 0.25) is 0 Å². The van der Waals surface area contributed by atoms with E-state index >= 15 is 0 Å². The molecule has 107 heavy (non-hydrogen) atoms. The topological polar surface area (TPSA) is 861 Å². The van der Waals surface area contributed by atoms with Crippen LogP contribution in [0.25, 0.3) is 0 Å². The highest BCUT2D eigenvalue weighted by molar-refractivity contribution is 5.85. The molecule has 0 aliphatic heterocycles. The summed E-state index contributed by atoms with van der Waals surface area (Å²) in [5, 5.41) is 117. The second-order valence-electron chi connectivity index (χ2n) is 25.8. The number of allylic oxidation sites excluding steroid dienone is 1. The Morgan fingerprint density at radius 2 is 0.598 bits per heavy atom. The molecule has 0 aromatic heterocycles. The molecule has 44 N–H and O–H groups in total. The van der Waals surface area contributed by atoms with Crippen LogP contribution in [0.5, 0.6) is 5.75 Å².